The maximum atomic E-state index is 12.1. The van der Waals surface area contributed by atoms with Gasteiger partial charge in [0, 0.05) is 13.6 Å². The van der Waals surface area contributed by atoms with E-state index in [-0.39, 0.29) is 5.91 Å². The topological polar surface area (TPSA) is 47.3 Å². The number of carbonyl (C=O) groups excluding carboxylic acids is 1. The van der Waals surface area contributed by atoms with Crippen molar-refractivity contribution in [2.75, 3.05) is 33.2 Å². The van der Waals surface area contributed by atoms with E-state index in [1.54, 1.807) is 11.9 Å². The fraction of sp³-hybridized carbons (Fsp3) is 0.875. The van der Waals surface area contributed by atoms with E-state index < -0.39 is 0 Å². The summed E-state index contributed by atoms with van der Waals surface area (Å²) in [4.78, 5) is 16.0. The molecule has 0 atom stereocenters. The molecule has 0 saturated carbocycles. The molecule has 0 fully saturated rings. The Balaban J connectivity index is 4.30. The predicted octanol–water partition coefficient (Wildman–Crippen LogP) is 2.75. The maximum absolute atomic E-state index is 12.1. The van der Waals surface area contributed by atoms with Crippen molar-refractivity contribution in [3.63, 3.8) is 0 Å². The smallest absolute Gasteiger partial charge is 0.236 e. The molecule has 0 radical (unpaired) electrons. The molecule has 0 aliphatic heterocycles. The first-order valence-electron chi connectivity index (χ1n) is 7.70. The summed E-state index contributed by atoms with van der Waals surface area (Å²) in [6.45, 7) is 11.8. The number of likely N-dealkylation sites (N-methyl/N-ethyl adjacent to an activating group) is 1. The van der Waals surface area contributed by atoms with Gasteiger partial charge in [-0.3, -0.25) is 9.69 Å². The molecule has 116 valence electrons. The first-order valence-corrected chi connectivity index (χ1v) is 7.70. The lowest BCUT2D eigenvalue weighted by molar-refractivity contribution is -0.131. The van der Waals surface area contributed by atoms with Crippen LogP contribution in [0.25, 0.3) is 0 Å². The molecular weight excluding hydrogens is 250 g/mol. The monoisotopic (exact) mass is 281 g/mol. The van der Waals surface area contributed by atoms with Gasteiger partial charge in [-0.15, -0.1) is 0 Å². The minimum absolute atomic E-state index is 0.118. The van der Waals surface area contributed by atoms with Crippen LogP contribution in [-0.4, -0.2) is 48.9 Å². The molecule has 0 aromatic rings. The highest BCUT2D eigenvalue weighted by molar-refractivity contribution is 5.77. The summed E-state index contributed by atoms with van der Waals surface area (Å²) in [6, 6.07) is 2.08. The zero-order valence-electron chi connectivity index (χ0n) is 13.9. The van der Waals surface area contributed by atoms with Crippen LogP contribution in [0.5, 0.6) is 0 Å². The second-order valence-corrected chi connectivity index (χ2v) is 6.36. The fourth-order valence-electron chi connectivity index (χ4n) is 1.81. The van der Waals surface area contributed by atoms with E-state index in [9.17, 15) is 4.79 Å². The van der Waals surface area contributed by atoms with Gasteiger partial charge < -0.3 is 4.90 Å². The van der Waals surface area contributed by atoms with E-state index in [0.717, 1.165) is 25.9 Å². The lowest BCUT2D eigenvalue weighted by Gasteiger charge is -2.26. The molecule has 4 heteroatoms. The van der Waals surface area contributed by atoms with E-state index in [0.29, 0.717) is 31.3 Å². The Bertz CT molecular complexity index is 295. The fourth-order valence-corrected chi connectivity index (χ4v) is 1.81. The molecule has 0 aliphatic carbocycles. The molecule has 0 spiro atoms. The van der Waals surface area contributed by atoms with Gasteiger partial charge in [-0.1, -0.05) is 27.7 Å². The van der Waals surface area contributed by atoms with Crippen LogP contribution in [0, 0.1) is 23.2 Å². The van der Waals surface area contributed by atoms with Crippen LogP contribution in [0.1, 0.15) is 47.0 Å². The van der Waals surface area contributed by atoms with Gasteiger partial charge in [-0.05, 0) is 37.8 Å². The summed E-state index contributed by atoms with van der Waals surface area (Å²) < 4.78 is 0. The van der Waals surface area contributed by atoms with Crippen molar-refractivity contribution in [2.45, 2.75) is 47.0 Å². The molecule has 0 saturated heterocycles. The maximum Gasteiger partial charge on any atom is 0.236 e. The molecule has 4 nitrogen and oxygen atoms in total. The molecule has 0 aliphatic rings. The first-order chi connectivity index (χ1) is 9.36. The summed E-state index contributed by atoms with van der Waals surface area (Å²) in [5.41, 5.74) is 0. The number of hydrogen-bond donors (Lipinski definition) is 0. The van der Waals surface area contributed by atoms with Crippen LogP contribution in [0.2, 0.25) is 0 Å². The summed E-state index contributed by atoms with van der Waals surface area (Å²) in [5, 5.41) is 8.57. The molecule has 0 unspecified atom stereocenters. The lowest BCUT2D eigenvalue weighted by Crippen LogP contribution is -2.40. The van der Waals surface area contributed by atoms with Gasteiger partial charge in [-0.25, -0.2) is 0 Å². The first kappa shape index (κ1) is 18.9. The second-order valence-electron chi connectivity index (χ2n) is 6.36. The highest BCUT2D eigenvalue weighted by atomic mass is 16.2. The number of rotatable bonds is 10. The van der Waals surface area contributed by atoms with E-state index in [4.69, 9.17) is 5.26 Å². The highest BCUT2D eigenvalue weighted by Gasteiger charge is 2.15. The van der Waals surface area contributed by atoms with Crippen molar-refractivity contribution in [2.24, 2.45) is 11.8 Å². The number of hydrogen-bond acceptors (Lipinski definition) is 3. The van der Waals surface area contributed by atoms with Crippen molar-refractivity contribution in [3.8, 4) is 6.07 Å². The van der Waals surface area contributed by atoms with E-state index in [1.165, 1.54) is 0 Å². The Hall–Kier alpha value is -1.08. The lowest BCUT2D eigenvalue weighted by atomic mass is 10.1. The van der Waals surface area contributed by atoms with Gasteiger partial charge in [0.15, 0.2) is 0 Å². The molecule has 0 rings (SSSR count). The molecule has 0 heterocycles. The molecule has 0 aromatic carbocycles. The van der Waals surface area contributed by atoms with Crippen molar-refractivity contribution < 1.29 is 4.79 Å². The van der Waals surface area contributed by atoms with Gasteiger partial charge in [-0.2, -0.15) is 5.26 Å². The number of amides is 1. The third-order valence-corrected chi connectivity index (χ3v) is 3.39. The average Bonchev–Trinajstić information content (AvgIpc) is 2.38. The van der Waals surface area contributed by atoms with Crippen LogP contribution in [0.15, 0.2) is 0 Å². The molecule has 1 amide bonds. The predicted molar refractivity (Wildman–Crippen MR) is 83.2 cm³/mol. The van der Waals surface area contributed by atoms with Crippen molar-refractivity contribution in [1.29, 1.82) is 5.26 Å². The number of carbonyl (C=O) groups is 1. The van der Waals surface area contributed by atoms with Crippen LogP contribution in [-0.2, 0) is 4.79 Å². The highest BCUT2D eigenvalue weighted by Crippen LogP contribution is 2.07. The van der Waals surface area contributed by atoms with Crippen molar-refractivity contribution in [1.82, 2.24) is 9.80 Å². The summed E-state index contributed by atoms with van der Waals surface area (Å²) in [5.74, 6) is 1.43. The average molecular weight is 281 g/mol. The number of nitrogens with zero attached hydrogens (tertiary/aromatic N) is 3. The van der Waals surface area contributed by atoms with Crippen LogP contribution < -0.4 is 0 Å². The molecular formula is C16H31N3O. The standard InChI is InChI=1S/C16H31N3O/c1-14(2)7-11-19(12-8-15(3)4)13-16(20)18(5)10-6-9-17/h14-15H,6-8,10-13H2,1-5H3. The van der Waals surface area contributed by atoms with E-state index in [2.05, 4.69) is 38.7 Å². The Labute approximate surface area is 124 Å². The zero-order valence-corrected chi connectivity index (χ0v) is 13.9. The summed E-state index contributed by atoms with van der Waals surface area (Å²) in [7, 11) is 1.78. The van der Waals surface area contributed by atoms with Crippen molar-refractivity contribution in [3.05, 3.63) is 0 Å². The Kier molecular flexibility index (Phi) is 10.1. The Morgan fingerprint density at radius 3 is 1.95 bits per heavy atom. The summed E-state index contributed by atoms with van der Waals surface area (Å²) in [6.07, 6.45) is 2.64. The molecule has 20 heavy (non-hydrogen) atoms. The second kappa shape index (κ2) is 10.7. The largest absolute Gasteiger partial charge is 0.344 e. The van der Waals surface area contributed by atoms with Crippen LogP contribution in [0.4, 0.5) is 0 Å². The minimum atomic E-state index is 0.118. The van der Waals surface area contributed by atoms with Gasteiger partial charge in [0.2, 0.25) is 5.91 Å². The Morgan fingerprint density at radius 1 is 1.05 bits per heavy atom. The van der Waals surface area contributed by atoms with Crippen LogP contribution in [0.3, 0.4) is 0 Å². The van der Waals surface area contributed by atoms with Gasteiger partial charge >= 0.3 is 0 Å². The van der Waals surface area contributed by atoms with Gasteiger partial charge in [0.25, 0.3) is 0 Å². The van der Waals surface area contributed by atoms with Gasteiger partial charge in [0.1, 0.15) is 0 Å². The summed E-state index contributed by atoms with van der Waals surface area (Å²) >= 11 is 0. The molecule has 0 N–H and O–H groups in total. The van der Waals surface area contributed by atoms with E-state index in [1.807, 2.05) is 0 Å². The number of nitriles is 1. The van der Waals surface area contributed by atoms with Crippen molar-refractivity contribution >= 4 is 5.91 Å². The SMILES string of the molecule is CC(C)CCN(CCC(C)C)CC(=O)N(C)CCC#N. The minimum Gasteiger partial charge on any atom is -0.344 e. The quantitative estimate of drug-likeness (QED) is 0.618. The normalized spacial score (nSPS) is 11.2. The third-order valence-electron chi connectivity index (χ3n) is 3.39. The molecule has 0 bridgehead atoms. The van der Waals surface area contributed by atoms with Crippen LogP contribution >= 0.6 is 0 Å². The van der Waals surface area contributed by atoms with E-state index >= 15 is 0 Å². The third kappa shape index (κ3) is 9.80. The zero-order chi connectivity index (χ0) is 15.5. The van der Waals surface area contributed by atoms with Gasteiger partial charge in [0.05, 0.1) is 19.0 Å². The Morgan fingerprint density at radius 2 is 1.55 bits per heavy atom. The molecule has 0 aromatic heterocycles.